The van der Waals surface area contributed by atoms with E-state index in [1.54, 1.807) is 17.0 Å². The van der Waals surface area contributed by atoms with Crippen LogP contribution >= 0.6 is 0 Å². The van der Waals surface area contributed by atoms with Gasteiger partial charge in [0.05, 0.1) is 12.5 Å². The summed E-state index contributed by atoms with van der Waals surface area (Å²) in [6.07, 6.45) is 7.67. The van der Waals surface area contributed by atoms with Crippen LogP contribution in [0.3, 0.4) is 0 Å². The molecule has 3 aromatic rings. The van der Waals surface area contributed by atoms with Crippen molar-refractivity contribution in [2.45, 2.75) is 70.4 Å². The zero-order valence-corrected chi connectivity index (χ0v) is 25.7. The summed E-state index contributed by atoms with van der Waals surface area (Å²) in [7, 11) is 0. The predicted octanol–water partition coefficient (Wildman–Crippen LogP) is 6.50. The molecular weight excluding hydrogens is 568 g/mol. The number of amides is 2. The minimum absolute atomic E-state index is 0.0407. The summed E-state index contributed by atoms with van der Waals surface area (Å²) in [5.74, 6) is 1.30. The van der Waals surface area contributed by atoms with Crippen LogP contribution in [0.1, 0.15) is 72.0 Å². The molecule has 6 rings (SSSR count). The lowest BCUT2D eigenvalue weighted by Crippen LogP contribution is -2.40. The molecule has 236 valence electrons. The van der Waals surface area contributed by atoms with Gasteiger partial charge in [-0.3, -0.25) is 9.59 Å². The normalized spacial score (nSPS) is 19.8. The van der Waals surface area contributed by atoms with Gasteiger partial charge in [0.1, 0.15) is 18.1 Å². The predicted molar refractivity (Wildman–Crippen MR) is 170 cm³/mol. The van der Waals surface area contributed by atoms with E-state index >= 15 is 0 Å². The number of carbonyl (C=O) groups is 3. The maximum atomic E-state index is 12.9. The van der Waals surface area contributed by atoms with Gasteiger partial charge in [-0.1, -0.05) is 36.4 Å². The number of hydrogen-bond acceptors (Lipinski definition) is 6. The Kier molecular flexibility index (Phi) is 9.98. The van der Waals surface area contributed by atoms with Gasteiger partial charge < -0.3 is 24.4 Å². The number of likely N-dealkylation sites (tertiary alicyclic amines) is 1. The molecule has 3 aliphatic rings. The van der Waals surface area contributed by atoms with Crippen LogP contribution in [0.2, 0.25) is 0 Å². The monoisotopic (exact) mass is 610 g/mol. The molecule has 2 aliphatic carbocycles. The standard InChI is InChI=1S/C37H42N2O6/c40-35(38-32-14-9-30(10-15-32)36(41)45-34-18-11-28-7-4-8-31(28)23-34)29-12-16-33(17-13-29)43-24-27-19-21-39(22-20-27)37(42)44-25-26-5-2-1-3-6-26/h1-3,5-6,11-13,16-18,23,27,30,32H,4,7-10,14-15,19-22,24-25H2,(H,38,40). The highest BCUT2D eigenvalue weighted by Gasteiger charge is 2.29. The summed E-state index contributed by atoms with van der Waals surface area (Å²) in [5, 5.41) is 3.13. The molecular formula is C37H42N2O6. The summed E-state index contributed by atoms with van der Waals surface area (Å²) >= 11 is 0. The number of carbonyl (C=O) groups excluding carboxylic acids is 3. The van der Waals surface area contributed by atoms with Gasteiger partial charge in [-0.05, 0) is 117 Å². The lowest BCUT2D eigenvalue weighted by Gasteiger charge is -2.31. The van der Waals surface area contributed by atoms with Gasteiger partial charge in [0.2, 0.25) is 0 Å². The van der Waals surface area contributed by atoms with Crippen molar-refractivity contribution in [1.82, 2.24) is 10.2 Å². The first-order valence-electron chi connectivity index (χ1n) is 16.3. The smallest absolute Gasteiger partial charge is 0.410 e. The molecule has 1 saturated carbocycles. The highest BCUT2D eigenvalue weighted by atomic mass is 16.6. The first-order valence-corrected chi connectivity index (χ1v) is 16.3. The quantitative estimate of drug-likeness (QED) is 0.220. The number of rotatable bonds is 9. The molecule has 8 heteroatoms. The highest BCUT2D eigenvalue weighted by molar-refractivity contribution is 5.94. The number of piperidine rings is 1. The van der Waals surface area contributed by atoms with Crippen LogP contribution < -0.4 is 14.8 Å². The van der Waals surface area contributed by atoms with Crippen molar-refractivity contribution in [1.29, 1.82) is 0 Å². The summed E-state index contributed by atoms with van der Waals surface area (Å²) in [4.78, 5) is 39.9. The minimum atomic E-state index is -0.270. The second-order valence-electron chi connectivity index (χ2n) is 12.5. The Morgan fingerprint density at radius 2 is 1.49 bits per heavy atom. The Morgan fingerprint density at radius 1 is 0.778 bits per heavy atom. The molecule has 3 aromatic carbocycles. The van der Waals surface area contributed by atoms with Gasteiger partial charge in [0, 0.05) is 24.7 Å². The van der Waals surface area contributed by atoms with Gasteiger partial charge in [-0.15, -0.1) is 0 Å². The number of nitrogens with zero attached hydrogens (tertiary/aromatic N) is 1. The molecule has 1 heterocycles. The maximum absolute atomic E-state index is 12.9. The largest absolute Gasteiger partial charge is 0.493 e. The van der Waals surface area contributed by atoms with E-state index < -0.39 is 0 Å². The van der Waals surface area contributed by atoms with Crippen molar-refractivity contribution in [3.63, 3.8) is 0 Å². The van der Waals surface area contributed by atoms with E-state index in [2.05, 4.69) is 11.4 Å². The van der Waals surface area contributed by atoms with Gasteiger partial charge in [0.15, 0.2) is 0 Å². The molecule has 0 aromatic heterocycles. The Bertz CT molecular complexity index is 1460. The van der Waals surface area contributed by atoms with Crippen LogP contribution in [0.25, 0.3) is 0 Å². The lowest BCUT2D eigenvalue weighted by molar-refractivity contribution is -0.140. The first-order chi connectivity index (χ1) is 22.0. The van der Waals surface area contributed by atoms with Gasteiger partial charge in [-0.25, -0.2) is 4.79 Å². The highest BCUT2D eigenvalue weighted by Crippen LogP contribution is 2.29. The van der Waals surface area contributed by atoms with E-state index in [4.69, 9.17) is 14.2 Å². The van der Waals surface area contributed by atoms with Crippen molar-refractivity contribution < 1.29 is 28.6 Å². The Labute approximate surface area is 265 Å². The second kappa shape index (κ2) is 14.6. The van der Waals surface area contributed by atoms with Crippen molar-refractivity contribution >= 4 is 18.0 Å². The van der Waals surface area contributed by atoms with Crippen LogP contribution in [0.5, 0.6) is 11.5 Å². The molecule has 0 bridgehead atoms. The molecule has 1 aliphatic heterocycles. The van der Waals surface area contributed by atoms with E-state index in [9.17, 15) is 14.4 Å². The summed E-state index contributed by atoms with van der Waals surface area (Å²) < 4.78 is 17.2. The molecule has 45 heavy (non-hydrogen) atoms. The van der Waals surface area contributed by atoms with Crippen molar-refractivity contribution in [3.8, 4) is 11.5 Å². The Morgan fingerprint density at radius 3 is 2.24 bits per heavy atom. The lowest BCUT2D eigenvalue weighted by atomic mass is 9.86. The molecule has 2 fully saturated rings. The van der Waals surface area contributed by atoms with Gasteiger partial charge >= 0.3 is 12.1 Å². The van der Waals surface area contributed by atoms with Gasteiger partial charge in [-0.2, -0.15) is 0 Å². The third kappa shape index (κ3) is 8.24. The zero-order chi connectivity index (χ0) is 31.0. The molecule has 0 radical (unpaired) electrons. The Hall–Kier alpha value is -4.33. The molecule has 1 saturated heterocycles. The number of ether oxygens (including phenoxy) is 3. The summed E-state index contributed by atoms with van der Waals surface area (Å²) in [6, 6.07) is 23.0. The number of hydrogen-bond donors (Lipinski definition) is 1. The third-order valence-electron chi connectivity index (χ3n) is 9.36. The fourth-order valence-corrected chi connectivity index (χ4v) is 6.56. The van der Waals surface area contributed by atoms with Crippen molar-refractivity contribution in [2.24, 2.45) is 11.8 Å². The topological polar surface area (TPSA) is 94.2 Å². The second-order valence-corrected chi connectivity index (χ2v) is 12.5. The van der Waals surface area contributed by atoms with Crippen LogP contribution in [-0.2, 0) is 29.0 Å². The van der Waals surface area contributed by atoms with Crippen LogP contribution in [0.15, 0.2) is 72.8 Å². The number of nitrogens with one attached hydrogen (secondary N) is 1. The average Bonchev–Trinajstić information content (AvgIpc) is 3.55. The zero-order valence-electron chi connectivity index (χ0n) is 25.7. The number of aryl methyl sites for hydroxylation is 2. The third-order valence-corrected chi connectivity index (χ3v) is 9.36. The molecule has 0 atom stereocenters. The van der Waals surface area contributed by atoms with E-state index in [1.807, 2.05) is 54.6 Å². The minimum Gasteiger partial charge on any atom is -0.493 e. The van der Waals surface area contributed by atoms with E-state index in [0.717, 1.165) is 56.3 Å². The van der Waals surface area contributed by atoms with E-state index in [-0.39, 0.29) is 36.5 Å². The number of fused-ring (bicyclic) bond motifs is 1. The average molecular weight is 611 g/mol. The van der Waals surface area contributed by atoms with Gasteiger partial charge in [0.25, 0.3) is 5.91 Å². The summed E-state index contributed by atoms with van der Waals surface area (Å²) in [5.41, 5.74) is 4.22. The van der Waals surface area contributed by atoms with Crippen molar-refractivity contribution in [3.05, 3.63) is 95.1 Å². The Balaban J connectivity index is 0.873. The molecule has 0 spiro atoms. The SMILES string of the molecule is O=C(NC1CCC(C(=O)Oc2ccc3c(c2)CCC3)CC1)c1ccc(OCC2CCN(C(=O)OCc3ccccc3)CC2)cc1. The maximum Gasteiger partial charge on any atom is 0.410 e. The molecule has 0 unspecified atom stereocenters. The first kappa shape index (κ1) is 30.7. The van der Waals surface area contributed by atoms with E-state index in [0.29, 0.717) is 49.8 Å². The van der Waals surface area contributed by atoms with Crippen LogP contribution in [0.4, 0.5) is 4.79 Å². The molecule has 1 N–H and O–H groups in total. The van der Waals surface area contributed by atoms with E-state index in [1.165, 1.54) is 11.1 Å². The fourth-order valence-electron chi connectivity index (χ4n) is 6.56. The fraction of sp³-hybridized carbons (Fsp3) is 0.432. The molecule has 2 amide bonds. The van der Waals surface area contributed by atoms with Crippen molar-refractivity contribution in [2.75, 3.05) is 19.7 Å². The summed E-state index contributed by atoms with van der Waals surface area (Å²) in [6.45, 7) is 2.15. The number of esters is 1. The van der Waals surface area contributed by atoms with Crippen LogP contribution in [0, 0.1) is 11.8 Å². The number of benzene rings is 3. The molecule has 8 nitrogen and oxygen atoms in total. The van der Waals surface area contributed by atoms with Crippen LogP contribution in [-0.4, -0.2) is 48.6 Å².